The maximum absolute atomic E-state index is 5.56. The minimum atomic E-state index is -0.0539. The molecule has 1 saturated heterocycles. The Bertz CT molecular complexity index is 811. The van der Waals surface area contributed by atoms with Gasteiger partial charge < -0.3 is 13.8 Å². The highest BCUT2D eigenvalue weighted by Crippen LogP contribution is 2.27. The Morgan fingerprint density at radius 2 is 2.12 bits per heavy atom. The summed E-state index contributed by atoms with van der Waals surface area (Å²) in [5, 5.41) is 8.10. The van der Waals surface area contributed by atoms with Crippen LogP contribution in [0.2, 0.25) is 0 Å². The second-order valence-electron chi connectivity index (χ2n) is 6.12. The van der Waals surface area contributed by atoms with E-state index in [1.807, 2.05) is 36.2 Å². The van der Waals surface area contributed by atoms with E-state index in [0.717, 1.165) is 36.6 Å². The topological polar surface area (TPSA) is 90.3 Å². The molecule has 0 radical (unpaired) electrons. The number of ether oxygens (including phenoxy) is 1. The summed E-state index contributed by atoms with van der Waals surface area (Å²) in [7, 11) is 1.96. The second kappa shape index (κ2) is 7.12. The van der Waals surface area contributed by atoms with Gasteiger partial charge in [0.25, 0.3) is 5.89 Å². The van der Waals surface area contributed by atoms with Crippen molar-refractivity contribution in [3.63, 3.8) is 0 Å². The van der Waals surface area contributed by atoms with E-state index in [1.54, 1.807) is 6.20 Å². The third kappa shape index (κ3) is 3.75. The smallest absolute Gasteiger partial charge is 0.255 e. The molecule has 0 saturated carbocycles. The van der Waals surface area contributed by atoms with Crippen LogP contribution in [0, 0.1) is 0 Å². The molecule has 130 valence electrons. The number of hydrogen-bond acceptors (Lipinski definition) is 8. The summed E-state index contributed by atoms with van der Waals surface area (Å²) in [6.07, 6.45) is 3.65. The Morgan fingerprint density at radius 3 is 2.92 bits per heavy atom. The van der Waals surface area contributed by atoms with Crippen LogP contribution in [0.5, 0.6) is 0 Å². The average Bonchev–Trinajstić information content (AvgIpc) is 3.37. The monoisotopic (exact) mass is 341 g/mol. The van der Waals surface area contributed by atoms with E-state index < -0.39 is 0 Å². The standard InChI is InChI=1S/C17H19N5O3/c1-22(11-16-19-17(25-21-16)15-6-4-8-23-15)10-12-9-14(20-24-12)13-5-2-3-7-18-13/h2-3,5,7,9,15H,4,6,8,10-11H2,1H3. The predicted octanol–water partition coefficient (Wildman–Crippen LogP) is 2.60. The van der Waals surface area contributed by atoms with Crippen LogP contribution >= 0.6 is 0 Å². The lowest BCUT2D eigenvalue weighted by atomic mass is 10.2. The van der Waals surface area contributed by atoms with Gasteiger partial charge in [0.1, 0.15) is 11.8 Å². The molecule has 8 heteroatoms. The highest BCUT2D eigenvalue weighted by molar-refractivity contribution is 5.52. The first-order valence-corrected chi connectivity index (χ1v) is 8.27. The largest absolute Gasteiger partial charge is 0.368 e. The van der Waals surface area contributed by atoms with E-state index in [-0.39, 0.29) is 6.10 Å². The van der Waals surface area contributed by atoms with E-state index >= 15 is 0 Å². The average molecular weight is 341 g/mol. The van der Waals surface area contributed by atoms with Crippen molar-refractivity contribution >= 4 is 0 Å². The van der Waals surface area contributed by atoms with Crippen LogP contribution in [-0.4, -0.2) is 38.8 Å². The quantitative estimate of drug-likeness (QED) is 0.676. The molecule has 0 aliphatic carbocycles. The molecule has 0 spiro atoms. The number of nitrogens with zero attached hydrogens (tertiary/aromatic N) is 5. The van der Waals surface area contributed by atoms with Gasteiger partial charge in [-0.1, -0.05) is 16.4 Å². The molecular weight excluding hydrogens is 322 g/mol. The van der Waals surface area contributed by atoms with Gasteiger partial charge in [-0.25, -0.2) is 0 Å². The zero-order valence-corrected chi connectivity index (χ0v) is 14.0. The highest BCUT2D eigenvalue weighted by atomic mass is 16.5. The van der Waals surface area contributed by atoms with E-state index in [4.69, 9.17) is 13.8 Å². The Hall–Kier alpha value is -2.58. The molecule has 1 fully saturated rings. The fourth-order valence-electron chi connectivity index (χ4n) is 2.82. The summed E-state index contributed by atoms with van der Waals surface area (Å²) in [5.74, 6) is 1.96. The fraction of sp³-hybridized carbons (Fsp3) is 0.412. The molecule has 1 aliphatic heterocycles. The minimum absolute atomic E-state index is 0.0539. The second-order valence-corrected chi connectivity index (χ2v) is 6.12. The van der Waals surface area contributed by atoms with Gasteiger partial charge >= 0.3 is 0 Å². The van der Waals surface area contributed by atoms with E-state index in [2.05, 4.69) is 20.3 Å². The maximum Gasteiger partial charge on any atom is 0.255 e. The summed E-state index contributed by atoms with van der Waals surface area (Å²) < 4.78 is 16.3. The van der Waals surface area contributed by atoms with Crippen LogP contribution in [0.25, 0.3) is 11.4 Å². The Kier molecular flexibility index (Phi) is 4.53. The Balaban J connectivity index is 1.36. The van der Waals surface area contributed by atoms with Crippen LogP contribution < -0.4 is 0 Å². The molecule has 0 bridgehead atoms. The van der Waals surface area contributed by atoms with Crippen LogP contribution in [0.4, 0.5) is 0 Å². The minimum Gasteiger partial charge on any atom is -0.368 e. The number of rotatable bonds is 6. The third-order valence-electron chi connectivity index (χ3n) is 4.01. The van der Waals surface area contributed by atoms with Gasteiger partial charge in [0, 0.05) is 18.9 Å². The van der Waals surface area contributed by atoms with E-state index in [0.29, 0.717) is 24.8 Å². The zero-order valence-electron chi connectivity index (χ0n) is 14.0. The molecule has 4 rings (SSSR count). The summed E-state index contributed by atoms with van der Waals surface area (Å²) in [5.41, 5.74) is 1.52. The van der Waals surface area contributed by atoms with E-state index in [1.165, 1.54) is 0 Å². The summed E-state index contributed by atoms with van der Waals surface area (Å²) in [4.78, 5) is 10.7. The summed E-state index contributed by atoms with van der Waals surface area (Å²) in [6.45, 7) is 1.89. The first-order valence-electron chi connectivity index (χ1n) is 8.27. The lowest BCUT2D eigenvalue weighted by molar-refractivity contribution is 0.0835. The van der Waals surface area contributed by atoms with Crippen molar-refractivity contribution in [1.29, 1.82) is 0 Å². The molecule has 1 unspecified atom stereocenters. The highest BCUT2D eigenvalue weighted by Gasteiger charge is 2.24. The van der Waals surface area contributed by atoms with Crippen LogP contribution in [0.1, 0.15) is 36.4 Å². The van der Waals surface area contributed by atoms with Gasteiger partial charge in [0.2, 0.25) is 0 Å². The van der Waals surface area contributed by atoms with Gasteiger partial charge in [0.05, 0.1) is 18.8 Å². The zero-order chi connectivity index (χ0) is 17.1. The van der Waals surface area contributed by atoms with Gasteiger partial charge in [-0.05, 0) is 32.0 Å². The Morgan fingerprint density at radius 1 is 1.16 bits per heavy atom. The lowest BCUT2D eigenvalue weighted by Crippen LogP contribution is -2.17. The molecular formula is C17H19N5O3. The first kappa shape index (κ1) is 15.9. The predicted molar refractivity (Wildman–Crippen MR) is 87.1 cm³/mol. The fourth-order valence-corrected chi connectivity index (χ4v) is 2.82. The number of pyridine rings is 1. The molecule has 4 heterocycles. The molecule has 3 aromatic rings. The van der Waals surface area contributed by atoms with Gasteiger partial charge in [-0.3, -0.25) is 9.88 Å². The van der Waals surface area contributed by atoms with Crippen molar-refractivity contribution in [3.05, 3.63) is 47.9 Å². The summed E-state index contributed by atoms with van der Waals surface area (Å²) in [6, 6.07) is 7.59. The van der Waals surface area contributed by atoms with Crippen molar-refractivity contribution in [2.45, 2.75) is 32.0 Å². The number of hydrogen-bond donors (Lipinski definition) is 0. The third-order valence-corrected chi connectivity index (χ3v) is 4.01. The lowest BCUT2D eigenvalue weighted by Gasteiger charge is -2.11. The molecule has 0 N–H and O–H groups in total. The van der Waals surface area contributed by atoms with Crippen LogP contribution in [0.15, 0.2) is 39.5 Å². The maximum atomic E-state index is 5.56. The van der Waals surface area contributed by atoms with Gasteiger partial charge in [-0.2, -0.15) is 4.98 Å². The van der Waals surface area contributed by atoms with Crippen molar-refractivity contribution < 1.29 is 13.8 Å². The molecule has 1 atom stereocenters. The van der Waals surface area contributed by atoms with Crippen LogP contribution in [0.3, 0.4) is 0 Å². The van der Waals surface area contributed by atoms with Gasteiger partial charge in [-0.15, -0.1) is 0 Å². The van der Waals surface area contributed by atoms with Crippen molar-refractivity contribution in [1.82, 2.24) is 25.2 Å². The number of aromatic nitrogens is 4. The van der Waals surface area contributed by atoms with Crippen molar-refractivity contribution in [2.24, 2.45) is 0 Å². The molecule has 0 aromatic carbocycles. The summed E-state index contributed by atoms with van der Waals surface area (Å²) >= 11 is 0. The van der Waals surface area contributed by atoms with Gasteiger partial charge in [0.15, 0.2) is 11.6 Å². The van der Waals surface area contributed by atoms with E-state index in [9.17, 15) is 0 Å². The molecule has 25 heavy (non-hydrogen) atoms. The van der Waals surface area contributed by atoms with Crippen molar-refractivity contribution in [2.75, 3.05) is 13.7 Å². The molecule has 0 amide bonds. The molecule has 3 aromatic heterocycles. The normalized spacial score (nSPS) is 17.4. The first-order chi connectivity index (χ1) is 12.3. The Labute approximate surface area is 144 Å². The van der Waals surface area contributed by atoms with Crippen molar-refractivity contribution in [3.8, 4) is 11.4 Å². The molecule has 8 nitrogen and oxygen atoms in total. The SMILES string of the molecule is CN(Cc1noc(C2CCCO2)n1)Cc1cc(-c2ccccn2)no1. The van der Waals surface area contributed by atoms with Crippen LogP contribution in [-0.2, 0) is 17.8 Å². The molecule has 1 aliphatic rings.